The van der Waals surface area contributed by atoms with Gasteiger partial charge in [-0.15, -0.1) is 0 Å². The van der Waals surface area contributed by atoms with Crippen LogP contribution in [0, 0.1) is 0 Å². The SMILES string of the molecule is CCOC(=O)N(c1ccc2c(c1)CCC(C(C)=O)(C(=O)OCC)O2)S(=O)(=O)c1ccc(Cl)cc1. The summed E-state index contributed by atoms with van der Waals surface area (Å²) in [5, 5.41) is 0.336. The van der Waals surface area contributed by atoms with Gasteiger partial charge < -0.3 is 14.2 Å². The smallest absolute Gasteiger partial charge is 0.428 e. The van der Waals surface area contributed by atoms with Crippen LogP contribution in [0.2, 0.25) is 5.02 Å². The number of hydrogen-bond acceptors (Lipinski definition) is 8. The molecule has 2 aromatic rings. The zero-order chi connectivity index (χ0) is 25.1. The van der Waals surface area contributed by atoms with Crippen molar-refractivity contribution in [3.63, 3.8) is 0 Å². The molecule has 1 heterocycles. The van der Waals surface area contributed by atoms with E-state index in [1.807, 2.05) is 0 Å². The number of hydrogen-bond donors (Lipinski definition) is 0. The molecule has 1 unspecified atom stereocenters. The number of ketones is 1. The first-order chi connectivity index (χ1) is 16.1. The second-order valence-electron chi connectivity index (χ2n) is 7.42. The highest BCUT2D eigenvalue weighted by molar-refractivity contribution is 7.93. The van der Waals surface area contributed by atoms with Gasteiger partial charge in [-0.25, -0.2) is 18.0 Å². The number of anilines is 1. The Morgan fingerprint density at radius 3 is 2.29 bits per heavy atom. The second-order valence-corrected chi connectivity index (χ2v) is 9.64. The van der Waals surface area contributed by atoms with E-state index in [1.54, 1.807) is 13.8 Å². The Balaban J connectivity index is 2.04. The van der Waals surface area contributed by atoms with E-state index < -0.39 is 33.5 Å². The molecule has 11 heteroatoms. The van der Waals surface area contributed by atoms with E-state index in [4.69, 9.17) is 25.8 Å². The van der Waals surface area contributed by atoms with Crippen LogP contribution in [0.25, 0.3) is 0 Å². The van der Waals surface area contributed by atoms with Crippen LogP contribution in [-0.4, -0.2) is 45.1 Å². The Morgan fingerprint density at radius 2 is 1.71 bits per heavy atom. The van der Waals surface area contributed by atoms with Gasteiger partial charge in [-0.2, -0.15) is 4.31 Å². The molecule has 0 aromatic heterocycles. The van der Waals surface area contributed by atoms with E-state index in [9.17, 15) is 22.8 Å². The molecule has 1 amide bonds. The van der Waals surface area contributed by atoms with Gasteiger partial charge in [-0.3, -0.25) is 4.79 Å². The first-order valence-corrected chi connectivity index (χ1v) is 12.4. The van der Waals surface area contributed by atoms with Crippen molar-refractivity contribution in [2.45, 2.75) is 44.1 Å². The molecule has 0 fully saturated rings. The lowest BCUT2D eigenvalue weighted by Gasteiger charge is -2.35. The minimum absolute atomic E-state index is 0.000953. The van der Waals surface area contributed by atoms with Crippen LogP contribution in [0.4, 0.5) is 10.5 Å². The van der Waals surface area contributed by atoms with E-state index in [0.29, 0.717) is 14.9 Å². The highest BCUT2D eigenvalue weighted by atomic mass is 35.5. The fraction of sp³-hybridized carbons (Fsp3) is 0.348. The maximum absolute atomic E-state index is 13.3. The van der Waals surface area contributed by atoms with Crippen LogP contribution in [0.15, 0.2) is 47.4 Å². The number of benzene rings is 2. The Labute approximate surface area is 202 Å². The molecule has 0 radical (unpaired) electrons. The summed E-state index contributed by atoms with van der Waals surface area (Å²) in [6, 6.07) is 9.56. The van der Waals surface area contributed by atoms with E-state index >= 15 is 0 Å². The topological polar surface area (TPSA) is 116 Å². The summed E-state index contributed by atoms with van der Waals surface area (Å²) in [6.45, 7) is 4.47. The van der Waals surface area contributed by atoms with Crippen molar-refractivity contribution in [1.29, 1.82) is 0 Å². The normalized spacial score (nSPS) is 17.2. The average molecular weight is 510 g/mol. The number of rotatable bonds is 7. The van der Waals surface area contributed by atoms with E-state index in [-0.39, 0.29) is 42.4 Å². The minimum atomic E-state index is -4.34. The number of Topliss-reactive ketones (excluding diaryl/α,β-unsaturated/α-hetero) is 1. The van der Waals surface area contributed by atoms with Crippen molar-refractivity contribution in [1.82, 2.24) is 0 Å². The molecule has 182 valence electrons. The van der Waals surface area contributed by atoms with Gasteiger partial charge in [0.25, 0.3) is 15.6 Å². The lowest BCUT2D eigenvalue weighted by molar-refractivity contribution is -0.168. The van der Waals surface area contributed by atoms with Crippen LogP contribution in [0.1, 0.15) is 32.8 Å². The molecular formula is C23H24ClNO8S. The molecular weight excluding hydrogens is 486 g/mol. The van der Waals surface area contributed by atoms with Crippen LogP contribution in [0.5, 0.6) is 5.75 Å². The summed E-state index contributed by atoms with van der Waals surface area (Å²) < 4.78 is 43.0. The molecule has 1 aliphatic rings. The number of carbonyl (C=O) groups is 3. The van der Waals surface area contributed by atoms with Crippen LogP contribution >= 0.6 is 11.6 Å². The summed E-state index contributed by atoms with van der Waals surface area (Å²) in [7, 11) is -4.34. The summed E-state index contributed by atoms with van der Waals surface area (Å²) >= 11 is 5.87. The van der Waals surface area contributed by atoms with Crippen molar-refractivity contribution in [3.05, 3.63) is 53.1 Å². The summed E-state index contributed by atoms with van der Waals surface area (Å²) in [4.78, 5) is 37.4. The number of aryl methyl sites for hydroxylation is 1. The van der Waals surface area contributed by atoms with Gasteiger partial charge in [0.2, 0.25) is 0 Å². The van der Waals surface area contributed by atoms with Crippen molar-refractivity contribution in [2.75, 3.05) is 17.5 Å². The molecule has 0 aliphatic carbocycles. The van der Waals surface area contributed by atoms with Gasteiger partial charge in [-0.1, -0.05) is 11.6 Å². The molecule has 2 aromatic carbocycles. The van der Waals surface area contributed by atoms with Gasteiger partial charge in [-0.05, 0) is 75.2 Å². The van der Waals surface area contributed by atoms with Gasteiger partial charge >= 0.3 is 12.1 Å². The number of carbonyl (C=O) groups excluding carboxylic acids is 3. The monoisotopic (exact) mass is 509 g/mol. The molecule has 0 bridgehead atoms. The standard InChI is InChI=1S/C23H24ClNO8S/c1-4-31-21(27)23(15(3)26)13-12-16-14-18(8-11-20(16)33-23)25(22(28)32-5-2)34(29,30)19-9-6-17(24)7-10-19/h6-11,14H,4-5,12-13H2,1-3H3. The third kappa shape index (κ3) is 4.74. The molecule has 9 nitrogen and oxygen atoms in total. The number of ether oxygens (including phenoxy) is 3. The number of halogens is 1. The van der Waals surface area contributed by atoms with Gasteiger partial charge in [0, 0.05) is 11.4 Å². The number of nitrogens with zero attached hydrogens (tertiary/aromatic N) is 1. The number of fused-ring (bicyclic) bond motifs is 1. The first kappa shape index (κ1) is 25.5. The predicted octanol–water partition coefficient (Wildman–Crippen LogP) is 3.91. The summed E-state index contributed by atoms with van der Waals surface area (Å²) in [5.41, 5.74) is -1.25. The molecule has 1 atom stereocenters. The molecule has 0 saturated carbocycles. The number of esters is 1. The molecule has 1 aliphatic heterocycles. The third-order valence-electron chi connectivity index (χ3n) is 5.27. The van der Waals surface area contributed by atoms with Gasteiger partial charge in [0.15, 0.2) is 5.78 Å². The van der Waals surface area contributed by atoms with E-state index in [2.05, 4.69) is 0 Å². The Bertz CT molecular complexity index is 1210. The maximum atomic E-state index is 13.3. The molecule has 3 rings (SSSR count). The largest absolute Gasteiger partial charge is 0.467 e. The van der Waals surface area contributed by atoms with Crippen molar-refractivity contribution < 1.29 is 37.0 Å². The van der Waals surface area contributed by atoms with Crippen molar-refractivity contribution in [2.24, 2.45) is 0 Å². The van der Waals surface area contributed by atoms with Gasteiger partial charge in [0.1, 0.15) is 5.75 Å². The number of sulfonamides is 1. The first-order valence-electron chi connectivity index (χ1n) is 10.5. The summed E-state index contributed by atoms with van der Waals surface area (Å²) in [5.74, 6) is -1.07. The Kier molecular flexibility index (Phi) is 7.52. The minimum Gasteiger partial charge on any atom is -0.467 e. The fourth-order valence-electron chi connectivity index (χ4n) is 3.56. The van der Waals surface area contributed by atoms with Gasteiger partial charge in [0.05, 0.1) is 23.8 Å². The Hall–Kier alpha value is -3.11. The van der Waals surface area contributed by atoms with Crippen LogP contribution < -0.4 is 9.04 Å². The lowest BCUT2D eigenvalue weighted by atomic mass is 9.87. The molecule has 0 spiro atoms. The van der Waals surface area contributed by atoms with E-state index in [1.165, 1.54) is 49.4 Å². The molecule has 34 heavy (non-hydrogen) atoms. The third-order valence-corrected chi connectivity index (χ3v) is 7.23. The Morgan fingerprint density at radius 1 is 1.06 bits per heavy atom. The summed E-state index contributed by atoms with van der Waals surface area (Å²) in [6.07, 6.45) is -0.876. The second kappa shape index (κ2) is 10.0. The number of amides is 1. The van der Waals surface area contributed by atoms with Crippen molar-refractivity contribution in [3.8, 4) is 5.75 Å². The molecule has 0 saturated heterocycles. The van der Waals surface area contributed by atoms with Crippen molar-refractivity contribution >= 4 is 45.2 Å². The van der Waals surface area contributed by atoms with Crippen LogP contribution in [-0.2, 0) is 35.5 Å². The molecule has 0 N–H and O–H groups in total. The highest BCUT2D eigenvalue weighted by Crippen LogP contribution is 2.38. The van der Waals surface area contributed by atoms with E-state index in [0.717, 1.165) is 0 Å². The quantitative estimate of drug-likeness (QED) is 0.407. The average Bonchev–Trinajstić information content (AvgIpc) is 2.79. The zero-order valence-corrected chi connectivity index (χ0v) is 20.4. The fourth-order valence-corrected chi connectivity index (χ4v) is 5.01. The maximum Gasteiger partial charge on any atom is 0.428 e. The zero-order valence-electron chi connectivity index (χ0n) is 18.9. The highest BCUT2D eigenvalue weighted by Gasteiger charge is 2.50. The predicted molar refractivity (Wildman–Crippen MR) is 124 cm³/mol. The lowest BCUT2D eigenvalue weighted by Crippen LogP contribution is -2.53. The van der Waals surface area contributed by atoms with Crippen LogP contribution in [0.3, 0.4) is 0 Å².